The maximum absolute atomic E-state index is 13.8. The topological polar surface area (TPSA) is 23.6 Å². The number of hydrogen-bond acceptors (Lipinski definition) is 2. The summed E-state index contributed by atoms with van der Waals surface area (Å²) in [5, 5.41) is 0. The number of amides is 1. The normalized spacial score (nSPS) is 10.8. The van der Waals surface area contributed by atoms with Crippen LogP contribution in [0.15, 0.2) is 18.2 Å². The minimum Gasteiger partial charge on any atom is -0.373 e. The summed E-state index contributed by atoms with van der Waals surface area (Å²) >= 11 is 0. The Hall–Kier alpha value is -1.58. The van der Waals surface area contributed by atoms with Gasteiger partial charge in [0.1, 0.15) is 5.82 Å². The van der Waals surface area contributed by atoms with E-state index in [1.165, 1.54) is 57.1 Å². The highest BCUT2D eigenvalue weighted by atomic mass is 19.1. The summed E-state index contributed by atoms with van der Waals surface area (Å²) in [6.07, 6.45) is 12.6. The first-order valence-corrected chi connectivity index (χ1v) is 10.4. The summed E-state index contributed by atoms with van der Waals surface area (Å²) in [6, 6.07) is 4.77. The molecule has 0 unspecified atom stereocenters. The largest absolute Gasteiger partial charge is 0.373 e. The van der Waals surface area contributed by atoms with E-state index in [2.05, 4.69) is 18.7 Å². The fraction of sp³-hybridized carbons (Fsp3) is 0.682. The van der Waals surface area contributed by atoms with Crippen LogP contribution in [0.5, 0.6) is 0 Å². The number of hydrogen-bond donors (Lipinski definition) is 0. The van der Waals surface area contributed by atoms with Crippen molar-refractivity contribution in [3.05, 3.63) is 24.0 Å². The van der Waals surface area contributed by atoms with E-state index in [4.69, 9.17) is 0 Å². The van der Waals surface area contributed by atoms with Crippen LogP contribution in [0.2, 0.25) is 0 Å². The molecule has 0 aliphatic heterocycles. The second kappa shape index (κ2) is 13.6. The van der Waals surface area contributed by atoms with Crippen molar-refractivity contribution in [2.75, 3.05) is 29.9 Å². The number of unbranched alkanes of at least 4 members (excludes halogenated alkanes) is 8. The van der Waals surface area contributed by atoms with Crippen LogP contribution >= 0.6 is 0 Å². The van der Waals surface area contributed by atoms with Crippen molar-refractivity contribution in [3.8, 4) is 0 Å². The second-order valence-corrected chi connectivity index (χ2v) is 7.18. The zero-order chi connectivity index (χ0) is 19.2. The molecule has 0 saturated heterocycles. The van der Waals surface area contributed by atoms with Gasteiger partial charge in [0.25, 0.3) is 0 Å². The first-order valence-electron chi connectivity index (χ1n) is 10.4. The van der Waals surface area contributed by atoms with E-state index < -0.39 is 0 Å². The van der Waals surface area contributed by atoms with Gasteiger partial charge in [-0.25, -0.2) is 4.39 Å². The Kier molecular flexibility index (Phi) is 11.7. The lowest BCUT2D eigenvalue weighted by Gasteiger charge is -2.27. The Bertz CT molecular complexity index is 507. The van der Waals surface area contributed by atoms with Crippen LogP contribution in [-0.4, -0.2) is 26.5 Å². The molecule has 0 atom stereocenters. The van der Waals surface area contributed by atoms with Gasteiger partial charge in [0.15, 0.2) is 0 Å². The van der Waals surface area contributed by atoms with Gasteiger partial charge in [-0.2, -0.15) is 0 Å². The van der Waals surface area contributed by atoms with E-state index in [9.17, 15) is 9.18 Å². The molecule has 3 nitrogen and oxygen atoms in total. The van der Waals surface area contributed by atoms with E-state index in [1.807, 2.05) is 7.05 Å². The summed E-state index contributed by atoms with van der Waals surface area (Å²) in [5.74, 6) is -0.294. The fourth-order valence-electron chi connectivity index (χ4n) is 3.24. The maximum Gasteiger partial charge on any atom is 0.214 e. The molecular formula is C22H37FN2O. The zero-order valence-electron chi connectivity index (χ0n) is 17.0. The predicted octanol–water partition coefficient (Wildman–Crippen LogP) is 6.17. The minimum atomic E-state index is -0.294. The summed E-state index contributed by atoms with van der Waals surface area (Å²) in [4.78, 5) is 15.4. The molecule has 1 aromatic rings. The number of nitrogens with zero attached hydrogens (tertiary/aromatic N) is 2. The first kappa shape index (κ1) is 22.5. The molecular weight excluding hydrogens is 327 g/mol. The van der Waals surface area contributed by atoms with Crippen molar-refractivity contribution >= 4 is 17.8 Å². The Morgan fingerprint density at radius 1 is 0.846 bits per heavy atom. The number of carbonyl (C=O) groups is 1. The average molecular weight is 365 g/mol. The lowest BCUT2D eigenvalue weighted by molar-refractivity contribution is -0.107. The molecule has 0 heterocycles. The van der Waals surface area contributed by atoms with Crippen molar-refractivity contribution in [1.82, 2.24) is 0 Å². The van der Waals surface area contributed by atoms with Crippen molar-refractivity contribution in [3.63, 3.8) is 0 Å². The Morgan fingerprint density at radius 3 is 2.00 bits per heavy atom. The molecule has 0 fully saturated rings. The van der Waals surface area contributed by atoms with Gasteiger partial charge in [-0.15, -0.1) is 0 Å². The predicted molar refractivity (Wildman–Crippen MR) is 111 cm³/mol. The Labute approximate surface area is 159 Å². The Balaban J connectivity index is 2.69. The molecule has 0 radical (unpaired) electrons. The van der Waals surface area contributed by atoms with Crippen LogP contribution in [0, 0.1) is 5.82 Å². The molecule has 4 heteroatoms. The van der Waals surface area contributed by atoms with Gasteiger partial charge >= 0.3 is 0 Å². The van der Waals surface area contributed by atoms with Crippen molar-refractivity contribution in [2.45, 2.75) is 78.1 Å². The molecule has 0 aromatic heterocycles. The van der Waals surface area contributed by atoms with Gasteiger partial charge in [0.05, 0.1) is 11.4 Å². The SMILES string of the molecule is CCCCCCCN(C)c1ccc(F)cc1N(C=O)CCCCCCC. The van der Waals surface area contributed by atoms with Gasteiger partial charge < -0.3 is 9.80 Å². The summed E-state index contributed by atoms with van der Waals surface area (Å²) in [7, 11) is 2.03. The lowest BCUT2D eigenvalue weighted by Crippen LogP contribution is -2.27. The van der Waals surface area contributed by atoms with Crippen LogP contribution in [0.25, 0.3) is 0 Å². The fourth-order valence-corrected chi connectivity index (χ4v) is 3.24. The molecule has 0 N–H and O–H groups in total. The van der Waals surface area contributed by atoms with E-state index in [1.54, 1.807) is 11.0 Å². The summed E-state index contributed by atoms with van der Waals surface area (Å²) < 4.78 is 13.8. The average Bonchev–Trinajstić information content (AvgIpc) is 2.64. The molecule has 0 spiro atoms. The quantitative estimate of drug-likeness (QED) is 0.275. The molecule has 0 saturated carbocycles. The summed E-state index contributed by atoms with van der Waals surface area (Å²) in [6.45, 7) is 5.97. The van der Waals surface area contributed by atoms with Crippen LogP contribution in [0.1, 0.15) is 78.1 Å². The molecule has 1 amide bonds. The van der Waals surface area contributed by atoms with Crippen molar-refractivity contribution in [1.29, 1.82) is 0 Å². The molecule has 0 bridgehead atoms. The molecule has 148 valence electrons. The monoisotopic (exact) mass is 364 g/mol. The van der Waals surface area contributed by atoms with Gasteiger partial charge in [0, 0.05) is 20.1 Å². The number of rotatable bonds is 15. The standard InChI is InChI=1S/C22H37FN2O/c1-4-6-8-10-12-16-24(3)21-15-14-20(23)18-22(21)25(19-26)17-13-11-9-7-5-2/h14-15,18-19H,4-13,16-17H2,1-3H3. The van der Waals surface area contributed by atoms with Gasteiger partial charge in [-0.3, -0.25) is 4.79 Å². The van der Waals surface area contributed by atoms with E-state index in [0.29, 0.717) is 12.2 Å². The lowest BCUT2D eigenvalue weighted by atomic mass is 10.1. The van der Waals surface area contributed by atoms with Gasteiger partial charge in [-0.05, 0) is 31.0 Å². The summed E-state index contributed by atoms with van der Waals surface area (Å²) in [5.41, 5.74) is 1.62. The number of benzene rings is 1. The third-order valence-corrected chi connectivity index (χ3v) is 4.89. The van der Waals surface area contributed by atoms with Gasteiger partial charge in [0.2, 0.25) is 6.41 Å². The molecule has 0 aliphatic carbocycles. The number of halogens is 1. The highest BCUT2D eigenvalue weighted by Gasteiger charge is 2.14. The third-order valence-electron chi connectivity index (χ3n) is 4.89. The number of anilines is 2. The van der Waals surface area contributed by atoms with E-state index in [0.717, 1.165) is 37.9 Å². The van der Waals surface area contributed by atoms with Crippen molar-refractivity contribution < 1.29 is 9.18 Å². The van der Waals surface area contributed by atoms with Crippen molar-refractivity contribution in [2.24, 2.45) is 0 Å². The molecule has 1 aromatic carbocycles. The van der Waals surface area contributed by atoms with Crippen LogP contribution in [0.4, 0.5) is 15.8 Å². The highest BCUT2D eigenvalue weighted by molar-refractivity contribution is 5.83. The smallest absolute Gasteiger partial charge is 0.214 e. The zero-order valence-corrected chi connectivity index (χ0v) is 17.0. The maximum atomic E-state index is 13.8. The molecule has 1 rings (SSSR count). The van der Waals surface area contributed by atoms with Crippen LogP contribution in [0.3, 0.4) is 0 Å². The second-order valence-electron chi connectivity index (χ2n) is 7.18. The van der Waals surface area contributed by atoms with E-state index >= 15 is 0 Å². The van der Waals surface area contributed by atoms with Crippen LogP contribution in [-0.2, 0) is 4.79 Å². The van der Waals surface area contributed by atoms with E-state index in [-0.39, 0.29) is 5.82 Å². The van der Waals surface area contributed by atoms with Crippen LogP contribution < -0.4 is 9.80 Å². The minimum absolute atomic E-state index is 0.294. The number of carbonyl (C=O) groups excluding carboxylic acids is 1. The molecule has 0 aliphatic rings. The molecule has 26 heavy (non-hydrogen) atoms. The first-order chi connectivity index (χ1) is 12.6. The van der Waals surface area contributed by atoms with Gasteiger partial charge in [-0.1, -0.05) is 65.2 Å². The Morgan fingerprint density at radius 2 is 1.42 bits per heavy atom. The third kappa shape index (κ3) is 8.20. The highest BCUT2D eigenvalue weighted by Crippen LogP contribution is 2.30.